The molecule has 1 aliphatic carbocycles. The molecule has 1 fully saturated rings. The summed E-state index contributed by atoms with van der Waals surface area (Å²) in [6.07, 6.45) is 3.67. The van der Waals surface area contributed by atoms with Gasteiger partial charge in [0.2, 0.25) is 5.91 Å². The van der Waals surface area contributed by atoms with Gasteiger partial charge in [-0.05, 0) is 41.8 Å². The number of hydrogen-bond acceptors (Lipinski definition) is 4. The number of halogens is 1. The van der Waals surface area contributed by atoms with Crippen LogP contribution in [0.1, 0.15) is 30.1 Å². The van der Waals surface area contributed by atoms with E-state index in [-0.39, 0.29) is 18.4 Å². The van der Waals surface area contributed by atoms with Gasteiger partial charge in [0.25, 0.3) is 5.91 Å². The Balaban J connectivity index is 1.96. The van der Waals surface area contributed by atoms with E-state index in [1.807, 2.05) is 6.92 Å². The Bertz CT molecular complexity index is 517. The zero-order chi connectivity index (χ0) is 14.5. The second kappa shape index (κ2) is 6.69. The zero-order valence-corrected chi connectivity index (χ0v) is 12.8. The third kappa shape index (κ3) is 4.19. The number of carbonyl (C=O) groups excluding carboxylic acids is 2. The van der Waals surface area contributed by atoms with E-state index in [0.29, 0.717) is 28.4 Å². The van der Waals surface area contributed by atoms with Crippen LogP contribution in [0.15, 0.2) is 16.7 Å². The SMILES string of the molecule is CCNc1ncc(Br)cc1C(=O)NCC(=O)NC1CC1. The monoisotopic (exact) mass is 340 g/mol. The largest absolute Gasteiger partial charge is 0.370 e. The second-order valence-electron chi connectivity index (χ2n) is 4.60. The summed E-state index contributed by atoms with van der Waals surface area (Å²) in [5, 5.41) is 8.44. The summed E-state index contributed by atoms with van der Waals surface area (Å²) < 4.78 is 0.715. The van der Waals surface area contributed by atoms with Gasteiger partial charge < -0.3 is 16.0 Å². The van der Waals surface area contributed by atoms with Crippen molar-refractivity contribution in [3.63, 3.8) is 0 Å². The lowest BCUT2D eigenvalue weighted by molar-refractivity contribution is -0.120. The fourth-order valence-corrected chi connectivity index (χ4v) is 2.01. The van der Waals surface area contributed by atoms with Gasteiger partial charge in [-0.15, -0.1) is 0 Å². The predicted molar refractivity (Wildman–Crippen MR) is 79.6 cm³/mol. The van der Waals surface area contributed by atoms with Crippen molar-refractivity contribution >= 4 is 33.6 Å². The van der Waals surface area contributed by atoms with Crippen LogP contribution >= 0.6 is 15.9 Å². The molecule has 7 heteroatoms. The molecule has 0 radical (unpaired) electrons. The quantitative estimate of drug-likeness (QED) is 0.728. The predicted octanol–water partition coefficient (Wildman–Crippen LogP) is 1.28. The Kier molecular flexibility index (Phi) is 4.94. The lowest BCUT2D eigenvalue weighted by atomic mass is 10.2. The van der Waals surface area contributed by atoms with Gasteiger partial charge in [0.1, 0.15) is 5.82 Å². The Morgan fingerprint density at radius 1 is 1.45 bits per heavy atom. The van der Waals surface area contributed by atoms with Gasteiger partial charge in [0, 0.05) is 23.3 Å². The van der Waals surface area contributed by atoms with Crippen molar-refractivity contribution < 1.29 is 9.59 Å². The first-order valence-corrected chi connectivity index (χ1v) is 7.36. The first-order chi connectivity index (χ1) is 9.60. The molecule has 3 N–H and O–H groups in total. The van der Waals surface area contributed by atoms with Gasteiger partial charge in [-0.1, -0.05) is 0 Å². The van der Waals surface area contributed by atoms with Crippen LogP contribution in [-0.2, 0) is 4.79 Å². The average Bonchev–Trinajstić information content (AvgIpc) is 3.22. The van der Waals surface area contributed by atoms with Gasteiger partial charge in [0.05, 0.1) is 12.1 Å². The Hall–Kier alpha value is -1.63. The Morgan fingerprint density at radius 2 is 2.20 bits per heavy atom. The van der Waals surface area contributed by atoms with E-state index in [0.717, 1.165) is 12.8 Å². The van der Waals surface area contributed by atoms with Crippen molar-refractivity contribution in [1.29, 1.82) is 0 Å². The maximum absolute atomic E-state index is 12.1. The van der Waals surface area contributed by atoms with E-state index in [2.05, 4.69) is 36.9 Å². The highest BCUT2D eigenvalue weighted by Gasteiger charge is 2.23. The lowest BCUT2D eigenvalue weighted by Crippen LogP contribution is -2.38. The molecule has 1 saturated carbocycles. The van der Waals surface area contributed by atoms with Crippen LogP contribution < -0.4 is 16.0 Å². The van der Waals surface area contributed by atoms with Crippen molar-refractivity contribution in [2.75, 3.05) is 18.4 Å². The number of nitrogens with zero attached hydrogens (tertiary/aromatic N) is 1. The molecule has 0 aromatic carbocycles. The summed E-state index contributed by atoms with van der Waals surface area (Å²) in [5.74, 6) is 0.0327. The van der Waals surface area contributed by atoms with Crippen LogP contribution in [0.2, 0.25) is 0 Å². The standard InChI is InChI=1S/C13H17BrN4O2/c1-2-15-12-10(5-8(14)6-16-12)13(20)17-7-11(19)18-9-3-4-9/h5-6,9H,2-4,7H2,1H3,(H,15,16)(H,17,20)(H,18,19). The summed E-state index contributed by atoms with van der Waals surface area (Å²) in [4.78, 5) is 27.8. The minimum atomic E-state index is -0.319. The van der Waals surface area contributed by atoms with Crippen molar-refractivity contribution in [2.45, 2.75) is 25.8 Å². The molecule has 1 aromatic heterocycles. The van der Waals surface area contributed by atoms with Crippen LogP contribution in [0.4, 0.5) is 5.82 Å². The highest BCUT2D eigenvalue weighted by molar-refractivity contribution is 9.10. The fraction of sp³-hybridized carbons (Fsp3) is 0.462. The van der Waals surface area contributed by atoms with Crippen LogP contribution in [0.3, 0.4) is 0 Å². The number of amides is 2. The number of aromatic nitrogens is 1. The van der Waals surface area contributed by atoms with Crippen LogP contribution in [0.25, 0.3) is 0 Å². The van der Waals surface area contributed by atoms with E-state index >= 15 is 0 Å². The van der Waals surface area contributed by atoms with Gasteiger partial charge in [-0.2, -0.15) is 0 Å². The maximum Gasteiger partial charge on any atom is 0.255 e. The smallest absolute Gasteiger partial charge is 0.255 e. The highest BCUT2D eigenvalue weighted by atomic mass is 79.9. The normalized spacial score (nSPS) is 13.7. The van der Waals surface area contributed by atoms with Gasteiger partial charge in [-0.25, -0.2) is 4.98 Å². The molecule has 0 unspecified atom stereocenters. The minimum Gasteiger partial charge on any atom is -0.370 e. The van der Waals surface area contributed by atoms with E-state index in [4.69, 9.17) is 0 Å². The van der Waals surface area contributed by atoms with Gasteiger partial charge in [0.15, 0.2) is 0 Å². The van der Waals surface area contributed by atoms with E-state index < -0.39 is 0 Å². The van der Waals surface area contributed by atoms with Crippen LogP contribution in [0.5, 0.6) is 0 Å². The maximum atomic E-state index is 12.1. The molecule has 0 aliphatic heterocycles. The number of rotatable bonds is 6. The summed E-state index contributed by atoms with van der Waals surface area (Å²) in [7, 11) is 0. The van der Waals surface area contributed by atoms with Crippen molar-refractivity contribution in [3.8, 4) is 0 Å². The molecule has 1 aliphatic rings. The van der Waals surface area contributed by atoms with Crippen LogP contribution in [-0.4, -0.2) is 35.9 Å². The molecule has 2 amide bonds. The third-order valence-electron chi connectivity index (χ3n) is 2.80. The zero-order valence-electron chi connectivity index (χ0n) is 11.2. The van der Waals surface area contributed by atoms with E-state index in [1.54, 1.807) is 12.3 Å². The van der Waals surface area contributed by atoms with Crippen molar-refractivity contribution in [1.82, 2.24) is 15.6 Å². The molecule has 2 rings (SSSR count). The summed E-state index contributed by atoms with van der Waals surface area (Å²) in [6.45, 7) is 2.57. The number of carbonyl (C=O) groups is 2. The van der Waals surface area contributed by atoms with Crippen molar-refractivity contribution in [3.05, 3.63) is 22.3 Å². The molecule has 0 atom stereocenters. The first kappa shape index (κ1) is 14.8. The summed E-state index contributed by atoms with van der Waals surface area (Å²) in [5.41, 5.74) is 0.417. The minimum absolute atomic E-state index is 0.0204. The molecular weight excluding hydrogens is 324 g/mol. The Labute approximate surface area is 125 Å². The average molecular weight is 341 g/mol. The molecule has 1 aromatic rings. The molecule has 0 bridgehead atoms. The van der Waals surface area contributed by atoms with Crippen LogP contribution in [0, 0.1) is 0 Å². The molecule has 20 heavy (non-hydrogen) atoms. The van der Waals surface area contributed by atoms with E-state index in [1.165, 1.54) is 0 Å². The molecule has 1 heterocycles. The summed E-state index contributed by atoms with van der Waals surface area (Å²) in [6, 6.07) is 1.98. The topological polar surface area (TPSA) is 83.1 Å². The number of hydrogen-bond donors (Lipinski definition) is 3. The lowest BCUT2D eigenvalue weighted by Gasteiger charge is -2.10. The molecule has 6 nitrogen and oxygen atoms in total. The van der Waals surface area contributed by atoms with E-state index in [9.17, 15) is 9.59 Å². The molecule has 0 saturated heterocycles. The number of nitrogens with one attached hydrogen (secondary N) is 3. The fourth-order valence-electron chi connectivity index (χ4n) is 1.68. The summed E-state index contributed by atoms with van der Waals surface area (Å²) >= 11 is 3.29. The highest BCUT2D eigenvalue weighted by Crippen LogP contribution is 2.19. The second-order valence-corrected chi connectivity index (χ2v) is 5.52. The molecular formula is C13H17BrN4O2. The Morgan fingerprint density at radius 3 is 2.85 bits per heavy atom. The number of pyridine rings is 1. The molecule has 108 valence electrons. The van der Waals surface area contributed by atoms with Gasteiger partial charge >= 0.3 is 0 Å². The first-order valence-electron chi connectivity index (χ1n) is 6.57. The third-order valence-corrected chi connectivity index (χ3v) is 3.23. The number of anilines is 1. The van der Waals surface area contributed by atoms with Gasteiger partial charge in [-0.3, -0.25) is 9.59 Å². The van der Waals surface area contributed by atoms with Crippen molar-refractivity contribution in [2.24, 2.45) is 0 Å². The molecule has 0 spiro atoms.